The molecule has 1 fully saturated rings. The van der Waals surface area contributed by atoms with Crippen molar-refractivity contribution in [3.63, 3.8) is 0 Å². The Bertz CT molecular complexity index is 155. The van der Waals surface area contributed by atoms with Gasteiger partial charge in [0.25, 0.3) is 0 Å². The van der Waals surface area contributed by atoms with Gasteiger partial charge >= 0.3 is 0 Å². The van der Waals surface area contributed by atoms with Crippen molar-refractivity contribution < 1.29 is 4.74 Å². The Kier molecular flexibility index (Phi) is 5.21. The van der Waals surface area contributed by atoms with E-state index in [2.05, 4.69) is 19.2 Å². The van der Waals surface area contributed by atoms with Crippen molar-refractivity contribution in [1.82, 2.24) is 5.32 Å². The maximum Gasteiger partial charge on any atom is 0.0588 e. The summed E-state index contributed by atoms with van der Waals surface area (Å²) in [4.78, 5) is 0. The van der Waals surface area contributed by atoms with Crippen LogP contribution in [0.15, 0.2) is 0 Å². The highest BCUT2D eigenvalue weighted by molar-refractivity contribution is 6.18. The highest BCUT2D eigenvalue weighted by Crippen LogP contribution is 2.16. The molecule has 0 saturated carbocycles. The molecule has 0 bridgehead atoms. The third-order valence-corrected chi connectivity index (χ3v) is 3.36. The monoisotopic (exact) mass is 219 g/mol. The molecule has 1 saturated heterocycles. The van der Waals surface area contributed by atoms with Crippen LogP contribution in [0.1, 0.15) is 33.1 Å². The largest absolute Gasteiger partial charge is 0.378 e. The quantitative estimate of drug-likeness (QED) is 0.547. The molecular formula is C11H22ClNO. The number of halogens is 1. The molecule has 84 valence electrons. The average Bonchev–Trinajstić information content (AvgIpc) is 2.65. The third-order valence-electron chi connectivity index (χ3n) is 2.63. The standard InChI is InChI=1S/C11H22ClNO/c1-11(2,8-12)9-13-6-5-10-4-3-7-14-10/h10,13H,3-9H2,1-2H3. The van der Waals surface area contributed by atoms with Crippen LogP contribution in [-0.2, 0) is 4.74 Å². The van der Waals surface area contributed by atoms with E-state index in [4.69, 9.17) is 16.3 Å². The number of hydrogen-bond acceptors (Lipinski definition) is 2. The summed E-state index contributed by atoms with van der Waals surface area (Å²) in [6.45, 7) is 7.35. The second-order valence-electron chi connectivity index (χ2n) is 4.90. The molecular weight excluding hydrogens is 198 g/mol. The van der Waals surface area contributed by atoms with Gasteiger partial charge in [0.1, 0.15) is 0 Å². The fourth-order valence-electron chi connectivity index (χ4n) is 1.61. The molecule has 0 aromatic rings. The average molecular weight is 220 g/mol. The van der Waals surface area contributed by atoms with Crippen molar-refractivity contribution in [2.24, 2.45) is 5.41 Å². The predicted octanol–water partition coefficient (Wildman–Crippen LogP) is 2.41. The zero-order valence-corrected chi connectivity index (χ0v) is 10.1. The summed E-state index contributed by atoms with van der Waals surface area (Å²) in [5.74, 6) is 0.708. The molecule has 1 aliphatic rings. The first-order chi connectivity index (χ1) is 6.64. The number of nitrogens with one attached hydrogen (secondary N) is 1. The molecule has 0 aliphatic carbocycles. The zero-order valence-electron chi connectivity index (χ0n) is 9.31. The minimum absolute atomic E-state index is 0.206. The Morgan fingerprint density at radius 1 is 1.50 bits per heavy atom. The lowest BCUT2D eigenvalue weighted by Gasteiger charge is -2.22. The first-order valence-corrected chi connectivity index (χ1v) is 6.06. The van der Waals surface area contributed by atoms with Crippen LogP contribution in [0.25, 0.3) is 0 Å². The van der Waals surface area contributed by atoms with Gasteiger partial charge in [-0.2, -0.15) is 0 Å². The van der Waals surface area contributed by atoms with Crippen LogP contribution in [0.3, 0.4) is 0 Å². The van der Waals surface area contributed by atoms with Crippen molar-refractivity contribution in [2.75, 3.05) is 25.6 Å². The molecule has 1 unspecified atom stereocenters. The second-order valence-corrected chi connectivity index (χ2v) is 5.17. The van der Waals surface area contributed by atoms with Crippen LogP contribution in [-0.4, -0.2) is 31.7 Å². The lowest BCUT2D eigenvalue weighted by molar-refractivity contribution is 0.103. The molecule has 1 heterocycles. The summed E-state index contributed by atoms with van der Waals surface area (Å²) < 4.78 is 5.55. The summed E-state index contributed by atoms with van der Waals surface area (Å²) >= 11 is 5.83. The van der Waals surface area contributed by atoms with Crippen molar-refractivity contribution in [3.8, 4) is 0 Å². The molecule has 0 amide bonds. The molecule has 0 aromatic heterocycles. The van der Waals surface area contributed by atoms with Gasteiger partial charge in [-0.05, 0) is 31.2 Å². The molecule has 1 atom stereocenters. The van der Waals surface area contributed by atoms with E-state index in [1.165, 1.54) is 12.8 Å². The van der Waals surface area contributed by atoms with E-state index < -0.39 is 0 Å². The van der Waals surface area contributed by atoms with Crippen LogP contribution >= 0.6 is 11.6 Å². The first-order valence-electron chi connectivity index (χ1n) is 5.52. The fraction of sp³-hybridized carbons (Fsp3) is 1.00. The summed E-state index contributed by atoms with van der Waals surface area (Å²) in [5.41, 5.74) is 0.206. The molecule has 2 nitrogen and oxygen atoms in total. The summed E-state index contributed by atoms with van der Waals surface area (Å²) in [5, 5.41) is 3.44. The number of hydrogen-bond donors (Lipinski definition) is 1. The van der Waals surface area contributed by atoms with Gasteiger partial charge in [0, 0.05) is 19.0 Å². The topological polar surface area (TPSA) is 21.3 Å². The fourth-order valence-corrected chi connectivity index (χ4v) is 1.70. The van der Waals surface area contributed by atoms with Gasteiger partial charge in [-0.25, -0.2) is 0 Å². The Morgan fingerprint density at radius 3 is 2.86 bits per heavy atom. The second kappa shape index (κ2) is 5.94. The van der Waals surface area contributed by atoms with Gasteiger partial charge in [0.2, 0.25) is 0 Å². The van der Waals surface area contributed by atoms with Crippen LogP contribution < -0.4 is 5.32 Å². The van der Waals surface area contributed by atoms with E-state index in [1.807, 2.05) is 0 Å². The van der Waals surface area contributed by atoms with Crippen molar-refractivity contribution in [1.29, 1.82) is 0 Å². The molecule has 0 spiro atoms. The lowest BCUT2D eigenvalue weighted by Crippen LogP contribution is -2.32. The minimum Gasteiger partial charge on any atom is -0.378 e. The first kappa shape index (κ1) is 12.3. The summed E-state index contributed by atoms with van der Waals surface area (Å²) in [6, 6.07) is 0. The highest BCUT2D eigenvalue weighted by atomic mass is 35.5. The van der Waals surface area contributed by atoms with Crippen LogP contribution in [0, 0.1) is 5.41 Å². The highest BCUT2D eigenvalue weighted by Gasteiger charge is 2.17. The van der Waals surface area contributed by atoms with Crippen LogP contribution in [0.2, 0.25) is 0 Å². The molecule has 0 aromatic carbocycles. The maximum absolute atomic E-state index is 5.83. The molecule has 1 aliphatic heterocycles. The Balaban J connectivity index is 1.98. The Morgan fingerprint density at radius 2 is 2.29 bits per heavy atom. The van der Waals surface area contributed by atoms with Crippen molar-refractivity contribution in [2.45, 2.75) is 39.2 Å². The Labute approximate surface area is 92.3 Å². The van der Waals surface area contributed by atoms with Crippen LogP contribution in [0.5, 0.6) is 0 Å². The number of alkyl halides is 1. The summed E-state index contributed by atoms with van der Waals surface area (Å²) in [6.07, 6.45) is 4.11. The van der Waals surface area contributed by atoms with E-state index in [1.54, 1.807) is 0 Å². The minimum atomic E-state index is 0.206. The van der Waals surface area contributed by atoms with Crippen molar-refractivity contribution >= 4 is 11.6 Å². The molecule has 0 radical (unpaired) electrons. The van der Waals surface area contributed by atoms with Gasteiger partial charge < -0.3 is 10.1 Å². The molecule has 1 N–H and O–H groups in total. The van der Waals surface area contributed by atoms with Gasteiger partial charge in [-0.3, -0.25) is 0 Å². The maximum atomic E-state index is 5.83. The smallest absolute Gasteiger partial charge is 0.0588 e. The van der Waals surface area contributed by atoms with E-state index in [-0.39, 0.29) is 5.41 Å². The number of ether oxygens (including phenoxy) is 1. The van der Waals surface area contributed by atoms with E-state index >= 15 is 0 Å². The zero-order chi connectivity index (χ0) is 10.4. The lowest BCUT2D eigenvalue weighted by atomic mass is 9.96. The van der Waals surface area contributed by atoms with Gasteiger partial charge in [0.05, 0.1) is 6.10 Å². The normalized spacial score (nSPS) is 22.9. The SMILES string of the molecule is CC(C)(CCl)CNCCC1CCCO1. The molecule has 3 heteroatoms. The number of rotatable bonds is 6. The molecule has 1 rings (SSSR count). The third kappa shape index (κ3) is 4.63. The van der Waals surface area contributed by atoms with Gasteiger partial charge in [-0.1, -0.05) is 13.8 Å². The summed E-state index contributed by atoms with van der Waals surface area (Å²) in [7, 11) is 0. The van der Waals surface area contributed by atoms with Crippen molar-refractivity contribution in [3.05, 3.63) is 0 Å². The van der Waals surface area contributed by atoms with Crippen LogP contribution in [0.4, 0.5) is 0 Å². The van der Waals surface area contributed by atoms with E-state index in [9.17, 15) is 0 Å². The predicted molar refractivity (Wildman–Crippen MR) is 61.0 cm³/mol. The Hall–Kier alpha value is 0.210. The molecule has 14 heavy (non-hydrogen) atoms. The van der Waals surface area contributed by atoms with Gasteiger partial charge in [-0.15, -0.1) is 11.6 Å². The van der Waals surface area contributed by atoms with E-state index in [0.717, 1.165) is 26.1 Å². The van der Waals surface area contributed by atoms with E-state index in [0.29, 0.717) is 12.0 Å². The van der Waals surface area contributed by atoms with Gasteiger partial charge in [0.15, 0.2) is 0 Å².